The van der Waals surface area contributed by atoms with Gasteiger partial charge < -0.3 is 4.57 Å². The molecule has 0 aliphatic heterocycles. The van der Waals surface area contributed by atoms with Gasteiger partial charge in [0.15, 0.2) is 11.5 Å². The first kappa shape index (κ1) is 19.6. The van der Waals surface area contributed by atoms with Crippen molar-refractivity contribution in [2.24, 2.45) is 5.92 Å². The summed E-state index contributed by atoms with van der Waals surface area (Å²) in [5.41, 5.74) is -3.45. The lowest BCUT2D eigenvalue weighted by Crippen LogP contribution is -2.60. The van der Waals surface area contributed by atoms with Crippen LogP contribution in [0.5, 0.6) is 0 Å². The molecule has 1 aliphatic rings. The number of alkyl halides is 3. The van der Waals surface area contributed by atoms with Crippen LogP contribution in [-0.4, -0.2) is 27.0 Å². The molecule has 4 nitrogen and oxygen atoms in total. The van der Waals surface area contributed by atoms with Crippen molar-refractivity contribution in [3.8, 4) is 0 Å². The molecule has 9 heteroatoms. The summed E-state index contributed by atoms with van der Waals surface area (Å²) in [6, 6.07) is 1.77. The van der Waals surface area contributed by atoms with Crippen molar-refractivity contribution >= 4 is 22.9 Å². The van der Waals surface area contributed by atoms with E-state index in [9.17, 15) is 26.7 Å². The van der Waals surface area contributed by atoms with E-state index in [1.165, 1.54) is 4.57 Å². The quantitative estimate of drug-likeness (QED) is 0.768. The van der Waals surface area contributed by atoms with E-state index in [2.05, 4.69) is 10.3 Å². The molecule has 1 aliphatic carbocycles. The first-order valence-corrected chi connectivity index (χ1v) is 8.48. The van der Waals surface area contributed by atoms with Gasteiger partial charge in [0.25, 0.3) is 5.92 Å². The van der Waals surface area contributed by atoms with Gasteiger partial charge in [-0.05, 0) is 27.7 Å². The van der Waals surface area contributed by atoms with Gasteiger partial charge in [0.05, 0.1) is 5.52 Å². The second kappa shape index (κ2) is 5.90. The maximum atomic E-state index is 14.1. The molecule has 0 radical (unpaired) electrons. The van der Waals surface area contributed by atoms with Crippen LogP contribution >= 0.6 is 0 Å². The Morgan fingerprint density at radius 2 is 1.93 bits per heavy atom. The van der Waals surface area contributed by atoms with Crippen LogP contribution in [0.15, 0.2) is 12.1 Å². The predicted molar refractivity (Wildman–Crippen MR) is 90.5 cm³/mol. The summed E-state index contributed by atoms with van der Waals surface area (Å²) < 4.78 is 69.8. The molecule has 1 heterocycles. The molecule has 3 rings (SSSR count). The van der Waals surface area contributed by atoms with Crippen LogP contribution in [0.4, 0.5) is 27.9 Å². The molecule has 0 bridgehead atoms. The van der Waals surface area contributed by atoms with Crippen LogP contribution in [-0.2, 0) is 10.3 Å². The number of imidazole rings is 1. The van der Waals surface area contributed by atoms with Gasteiger partial charge in [-0.3, -0.25) is 10.1 Å². The molecule has 1 aromatic heterocycles. The Morgan fingerprint density at radius 3 is 2.44 bits per heavy atom. The molecule has 1 fully saturated rings. The molecule has 27 heavy (non-hydrogen) atoms. The van der Waals surface area contributed by atoms with E-state index < -0.39 is 53.4 Å². The SMILES string of the molecule is CC(C)(C)n1c(NC(=O)CC2CC(F)(F)C2(C)F)nc2c(F)cc(F)cc21. The number of aromatic nitrogens is 2. The van der Waals surface area contributed by atoms with E-state index in [1.807, 2.05) is 0 Å². The lowest BCUT2D eigenvalue weighted by molar-refractivity contribution is -0.242. The third-order valence-corrected chi connectivity index (χ3v) is 5.02. The number of carbonyl (C=O) groups excluding carboxylic acids is 1. The Bertz CT molecular complexity index is 914. The number of fused-ring (bicyclic) bond motifs is 1. The zero-order chi connectivity index (χ0) is 20.4. The summed E-state index contributed by atoms with van der Waals surface area (Å²) in [4.78, 5) is 16.3. The third-order valence-electron chi connectivity index (χ3n) is 5.02. The first-order chi connectivity index (χ1) is 12.2. The average molecular weight is 389 g/mol. The summed E-state index contributed by atoms with van der Waals surface area (Å²) in [5, 5.41) is 2.43. The summed E-state index contributed by atoms with van der Waals surface area (Å²) >= 11 is 0. The van der Waals surface area contributed by atoms with E-state index in [0.717, 1.165) is 13.0 Å². The average Bonchev–Trinajstić information content (AvgIpc) is 2.84. The van der Waals surface area contributed by atoms with Gasteiger partial charge in [-0.1, -0.05) is 0 Å². The molecule has 1 N–H and O–H groups in total. The highest BCUT2D eigenvalue weighted by atomic mass is 19.3. The number of anilines is 1. The molecule has 1 amide bonds. The van der Waals surface area contributed by atoms with Crippen LogP contribution in [0, 0.1) is 17.6 Å². The zero-order valence-electron chi connectivity index (χ0n) is 15.3. The van der Waals surface area contributed by atoms with Crippen LogP contribution in [0.25, 0.3) is 11.0 Å². The normalized spacial score (nSPS) is 24.7. The number of nitrogens with one attached hydrogen (secondary N) is 1. The highest BCUT2D eigenvalue weighted by Gasteiger charge is 2.66. The van der Waals surface area contributed by atoms with Crippen molar-refractivity contribution in [1.82, 2.24) is 9.55 Å². The van der Waals surface area contributed by atoms with Gasteiger partial charge in [-0.15, -0.1) is 0 Å². The molecular weight excluding hydrogens is 369 g/mol. The number of hydrogen-bond donors (Lipinski definition) is 1. The maximum Gasteiger partial charge on any atom is 0.281 e. The lowest BCUT2D eigenvalue weighted by Gasteiger charge is -2.47. The van der Waals surface area contributed by atoms with Crippen molar-refractivity contribution in [2.75, 3.05) is 5.32 Å². The van der Waals surface area contributed by atoms with Crippen LogP contribution < -0.4 is 5.32 Å². The summed E-state index contributed by atoms with van der Waals surface area (Å²) in [6.07, 6.45) is -1.18. The molecule has 1 aromatic carbocycles. The van der Waals surface area contributed by atoms with Crippen LogP contribution in [0.3, 0.4) is 0 Å². The fourth-order valence-corrected chi connectivity index (χ4v) is 3.40. The van der Waals surface area contributed by atoms with E-state index in [4.69, 9.17) is 0 Å². The van der Waals surface area contributed by atoms with Crippen molar-refractivity contribution < 1.29 is 26.7 Å². The van der Waals surface area contributed by atoms with E-state index in [0.29, 0.717) is 6.07 Å². The van der Waals surface area contributed by atoms with Gasteiger partial charge in [0.1, 0.15) is 11.3 Å². The van der Waals surface area contributed by atoms with Gasteiger partial charge in [0, 0.05) is 36.4 Å². The monoisotopic (exact) mass is 389 g/mol. The van der Waals surface area contributed by atoms with Gasteiger partial charge in [-0.2, -0.15) is 0 Å². The van der Waals surface area contributed by atoms with E-state index in [1.54, 1.807) is 20.8 Å². The van der Waals surface area contributed by atoms with Crippen LogP contribution in [0.2, 0.25) is 0 Å². The Labute approximate surface area is 152 Å². The second-order valence-electron chi connectivity index (χ2n) is 8.13. The summed E-state index contributed by atoms with van der Waals surface area (Å²) in [5.74, 6) is -7.06. The minimum Gasteiger partial charge on any atom is -0.304 e. The van der Waals surface area contributed by atoms with Gasteiger partial charge >= 0.3 is 0 Å². The van der Waals surface area contributed by atoms with E-state index in [-0.39, 0.29) is 17.0 Å². The maximum absolute atomic E-state index is 14.1. The molecule has 2 unspecified atom stereocenters. The minimum absolute atomic E-state index is 0.0568. The van der Waals surface area contributed by atoms with Crippen molar-refractivity contribution in [1.29, 1.82) is 0 Å². The zero-order valence-corrected chi connectivity index (χ0v) is 15.3. The smallest absolute Gasteiger partial charge is 0.281 e. The Balaban J connectivity index is 1.91. The van der Waals surface area contributed by atoms with E-state index >= 15 is 0 Å². The molecular formula is C18H20F5N3O. The Hall–Kier alpha value is -2.19. The number of amides is 1. The standard InChI is InChI=1S/C18H20F5N3O/c1-16(2,3)26-12-7-10(19)6-11(20)14(12)25-15(26)24-13(27)5-9-8-18(22,23)17(9,4)21/h6-7,9H,5,8H2,1-4H3,(H,24,25,27). The number of nitrogens with zero attached hydrogens (tertiary/aromatic N) is 2. The fourth-order valence-electron chi connectivity index (χ4n) is 3.40. The molecule has 0 saturated heterocycles. The first-order valence-electron chi connectivity index (χ1n) is 8.48. The molecule has 1 saturated carbocycles. The predicted octanol–water partition coefficient (Wildman–Crippen LogP) is 4.78. The number of halogens is 5. The van der Waals surface area contributed by atoms with Crippen molar-refractivity contribution in [3.63, 3.8) is 0 Å². The summed E-state index contributed by atoms with van der Waals surface area (Å²) in [6.45, 7) is 6.02. The Morgan fingerprint density at radius 1 is 1.30 bits per heavy atom. The number of benzene rings is 1. The molecule has 2 aromatic rings. The highest BCUT2D eigenvalue weighted by Crippen LogP contribution is 2.55. The summed E-state index contributed by atoms with van der Waals surface area (Å²) in [7, 11) is 0. The van der Waals surface area contributed by atoms with Crippen LogP contribution in [0.1, 0.15) is 40.5 Å². The van der Waals surface area contributed by atoms with Gasteiger partial charge in [-0.25, -0.2) is 26.9 Å². The second-order valence-corrected chi connectivity index (χ2v) is 8.13. The largest absolute Gasteiger partial charge is 0.304 e. The highest BCUT2D eigenvalue weighted by molar-refractivity contribution is 5.92. The van der Waals surface area contributed by atoms with Gasteiger partial charge in [0.2, 0.25) is 11.9 Å². The molecule has 0 spiro atoms. The van der Waals surface area contributed by atoms with Crippen molar-refractivity contribution in [3.05, 3.63) is 23.8 Å². The topological polar surface area (TPSA) is 46.9 Å². The number of rotatable bonds is 3. The molecule has 148 valence electrons. The Kier molecular flexibility index (Phi) is 4.28. The third kappa shape index (κ3) is 3.17. The lowest BCUT2D eigenvalue weighted by atomic mass is 9.67. The minimum atomic E-state index is -3.46. The number of carbonyl (C=O) groups is 1. The van der Waals surface area contributed by atoms with Crippen molar-refractivity contribution in [2.45, 2.75) is 57.7 Å². The molecule has 2 atom stereocenters. The number of hydrogen-bond acceptors (Lipinski definition) is 2. The fraction of sp³-hybridized carbons (Fsp3) is 0.556.